The second kappa shape index (κ2) is 6.34. The van der Waals surface area contributed by atoms with Gasteiger partial charge in [-0.05, 0) is 24.2 Å². The molecule has 1 aromatic rings. The van der Waals surface area contributed by atoms with Crippen molar-refractivity contribution in [3.8, 4) is 0 Å². The highest BCUT2D eigenvalue weighted by Crippen LogP contribution is 2.10. The number of amides is 1. The summed E-state index contributed by atoms with van der Waals surface area (Å²) in [7, 11) is 0. The van der Waals surface area contributed by atoms with Crippen molar-refractivity contribution in [2.24, 2.45) is 0 Å². The lowest BCUT2D eigenvalue weighted by atomic mass is 10.2. The summed E-state index contributed by atoms with van der Waals surface area (Å²) in [5, 5.41) is 14.4. The average Bonchev–Trinajstić information content (AvgIpc) is 2.52. The second-order valence-corrected chi connectivity index (χ2v) is 4.66. The molecule has 1 aromatic carbocycles. The van der Waals surface area contributed by atoms with Crippen LogP contribution in [0.15, 0.2) is 24.2 Å². The van der Waals surface area contributed by atoms with E-state index in [1.807, 2.05) is 0 Å². The van der Waals surface area contributed by atoms with Gasteiger partial charge in [-0.15, -0.1) is 0 Å². The lowest BCUT2D eigenvalue weighted by Gasteiger charge is -2.45. The molecule has 1 heterocycles. The molecule has 0 aromatic heterocycles. The highest BCUT2D eigenvalue weighted by atomic mass is 35.5. The van der Waals surface area contributed by atoms with Gasteiger partial charge in [-0.1, -0.05) is 11.6 Å². The number of morpholine rings is 1. The number of benzene rings is 1. The largest absolute Gasteiger partial charge is 0.633 e. The standard InChI is InChI=1S/C13H17ClN2O3/c14-12-3-1-11(2-4-12)13(17)15-5-6-16(18)7-9-19-10-8-16/h1-4H,5-10H2,(H,15,17)/i1D,2D,3D,4D. The van der Waals surface area contributed by atoms with E-state index < -0.39 is 34.7 Å². The van der Waals surface area contributed by atoms with Gasteiger partial charge in [0.2, 0.25) is 0 Å². The van der Waals surface area contributed by atoms with Crippen molar-refractivity contribution in [1.29, 1.82) is 0 Å². The van der Waals surface area contributed by atoms with Gasteiger partial charge in [-0.3, -0.25) is 4.79 Å². The molecular formula is C13H17ClN2O3. The number of hydroxylamine groups is 3. The zero-order chi connectivity index (χ0) is 17.2. The predicted molar refractivity (Wildman–Crippen MR) is 72.8 cm³/mol. The zero-order valence-electron chi connectivity index (χ0n) is 14.3. The molecule has 104 valence electrons. The summed E-state index contributed by atoms with van der Waals surface area (Å²) in [5.74, 6) is -0.751. The van der Waals surface area contributed by atoms with Crippen molar-refractivity contribution < 1.29 is 19.7 Å². The van der Waals surface area contributed by atoms with E-state index in [0.29, 0.717) is 26.3 Å². The van der Waals surface area contributed by atoms with Crippen LogP contribution in [0.25, 0.3) is 0 Å². The van der Waals surface area contributed by atoms with Crippen LogP contribution in [0.5, 0.6) is 0 Å². The number of halogens is 1. The van der Waals surface area contributed by atoms with Gasteiger partial charge >= 0.3 is 0 Å². The van der Waals surface area contributed by atoms with E-state index in [4.69, 9.17) is 21.8 Å². The van der Waals surface area contributed by atoms with Gasteiger partial charge in [0.15, 0.2) is 0 Å². The molecule has 2 rings (SSSR count). The number of hydrogen-bond acceptors (Lipinski definition) is 3. The minimum absolute atomic E-state index is 0.0739. The van der Waals surface area contributed by atoms with Crippen molar-refractivity contribution >= 4 is 17.5 Å². The number of carbonyl (C=O) groups excluding carboxylic acids is 1. The van der Waals surface area contributed by atoms with Crippen molar-refractivity contribution in [3.63, 3.8) is 0 Å². The van der Waals surface area contributed by atoms with Gasteiger partial charge in [-0.2, -0.15) is 0 Å². The second-order valence-electron chi connectivity index (χ2n) is 4.29. The Hall–Kier alpha value is -1.14. The van der Waals surface area contributed by atoms with Gasteiger partial charge < -0.3 is 19.9 Å². The van der Waals surface area contributed by atoms with E-state index in [9.17, 15) is 10.0 Å². The zero-order valence-corrected chi connectivity index (χ0v) is 11.0. The Labute approximate surface area is 122 Å². The number of ether oxygens (including phenoxy) is 1. The third-order valence-corrected chi connectivity index (χ3v) is 3.10. The van der Waals surface area contributed by atoms with Crippen LogP contribution in [0.4, 0.5) is 0 Å². The molecule has 1 aliphatic heterocycles. The molecule has 0 spiro atoms. The molecule has 5 nitrogen and oxygen atoms in total. The summed E-state index contributed by atoms with van der Waals surface area (Å²) < 4.78 is 35.4. The Bertz CT molecular complexity index is 595. The summed E-state index contributed by atoms with van der Waals surface area (Å²) >= 11 is 5.69. The Morgan fingerprint density at radius 2 is 2.05 bits per heavy atom. The molecule has 0 radical (unpaired) electrons. The van der Waals surface area contributed by atoms with Crippen molar-refractivity contribution in [3.05, 3.63) is 40.0 Å². The van der Waals surface area contributed by atoms with Gasteiger partial charge in [0.25, 0.3) is 5.91 Å². The van der Waals surface area contributed by atoms with Crippen LogP contribution in [0, 0.1) is 5.21 Å². The summed E-state index contributed by atoms with van der Waals surface area (Å²) in [6.45, 7) is 1.63. The Kier molecular flexibility index (Phi) is 3.24. The summed E-state index contributed by atoms with van der Waals surface area (Å²) in [6, 6.07) is -1.91. The molecule has 19 heavy (non-hydrogen) atoms. The molecule has 0 atom stereocenters. The average molecular weight is 289 g/mol. The van der Waals surface area contributed by atoms with Crippen LogP contribution in [-0.4, -0.2) is 49.9 Å². The number of rotatable bonds is 4. The van der Waals surface area contributed by atoms with Crippen LogP contribution in [0.1, 0.15) is 15.8 Å². The maximum Gasteiger partial charge on any atom is 0.251 e. The maximum absolute atomic E-state index is 12.3. The fraction of sp³-hybridized carbons (Fsp3) is 0.462. The van der Waals surface area contributed by atoms with Crippen LogP contribution < -0.4 is 5.32 Å². The van der Waals surface area contributed by atoms with Gasteiger partial charge in [-0.25, -0.2) is 0 Å². The van der Waals surface area contributed by atoms with Gasteiger partial charge in [0.1, 0.15) is 13.1 Å². The molecular weight excluding hydrogens is 268 g/mol. The van der Waals surface area contributed by atoms with E-state index in [2.05, 4.69) is 5.32 Å². The fourth-order valence-electron chi connectivity index (χ4n) is 1.77. The van der Waals surface area contributed by atoms with Crippen molar-refractivity contribution in [2.45, 2.75) is 0 Å². The highest BCUT2D eigenvalue weighted by Gasteiger charge is 2.20. The number of carbonyl (C=O) groups is 1. The van der Waals surface area contributed by atoms with Crippen LogP contribution in [-0.2, 0) is 4.74 Å². The predicted octanol–water partition coefficient (Wildman–Crippen LogP) is 1.41. The molecule has 1 aliphatic rings. The molecule has 1 amide bonds. The Morgan fingerprint density at radius 1 is 1.42 bits per heavy atom. The Balaban J connectivity index is 2.07. The summed E-state index contributed by atoms with van der Waals surface area (Å²) in [4.78, 5) is 12.2. The topological polar surface area (TPSA) is 61.4 Å². The van der Waals surface area contributed by atoms with E-state index >= 15 is 0 Å². The minimum Gasteiger partial charge on any atom is -0.633 e. The summed E-state index contributed by atoms with van der Waals surface area (Å²) in [5.41, 5.74) is -0.371. The molecule has 0 bridgehead atoms. The number of nitrogens with one attached hydrogen (secondary N) is 1. The summed E-state index contributed by atoms with van der Waals surface area (Å²) in [6.07, 6.45) is 0. The Morgan fingerprint density at radius 3 is 2.68 bits per heavy atom. The first-order valence-electron chi connectivity index (χ1n) is 7.96. The minimum atomic E-state index is -0.751. The fourth-order valence-corrected chi connectivity index (χ4v) is 1.87. The molecule has 1 fully saturated rings. The quantitative estimate of drug-likeness (QED) is 0.673. The first kappa shape index (κ1) is 9.72. The van der Waals surface area contributed by atoms with Crippen LogP contribution in [0.3, 0.4) is 0 Å². The third-order valence-electron chi connectivity index (χ3n) is 2.91. The first-order valence-corrected chi connectivity index (χ1v) is 6.33. The van der Waals surface area contributed by atoms with E-state index in [-0.39, 0.29) is 23.7 Å². The van der Waals surface area contributed by atoms with E-state index in [1.54, 1.807) is 0 Å². The molecule has 1 N–H and O–H groups in total. The van der Waals surface area contributed by atoms with E-state index in [1.165, 1.54) is 0 Å². The van der Waals surface area contributed by atoms with Crippen molar-refractivity contribution in [2.75, 3.05) is 39.4 Å². The monoisotopic (exact) mass is 288 g/mol. The molecule has 6 heteroatoms. The molecule has 1 saturated heterocycles. The highest BCUT2D eigenvalue weighted by molar-refractivity contribution is 6.30. The first-order chi connectivity index (χ1) is 10.8. The number of quaternary nitrogens is 1. The maximum atomic E-state index is 12.3. The normalized spacial score (nSPS) is 20.9. The molecule has 0 unspecified atom stereocenters. The number of nitrogens with zero attached hydrogens (tertiary/aromatic N) is 1. The van der Waals surface area contributed by atoms with Crippen molar-refractivity contribution in [1.82, 2.24) is 5.32 Å². The van der Waals surface area contributed by atoms with Crippen LogP contribution >= 0.6 is 11.6 Å². The SMILES string of the molecule is [2H]c1c([2H])c(C(=O)NCC[N+]2([O-])CCOCC2)c([2H])c([2H])c1Cl. The smallest absolute Gasteiger partial charge is 0.251 e. The lowest BCUT2D eigenvalue weighted by Crippen LogP contribution is -2.53. The number of hydrogen-bond donors (Lipinski definition) is 1. The van der Waals surface area contributed by atoms with Crippen LogP contribution in [0.2, 0.25) is 5.02 Å². The van der Waals surface area contributed by atoms with E-state index in [0.717, 1.165) is 0 Å². The van der Waals surface area contributed by atoms with Gasteiger partial charge in [0.05, 0.1) is 31.8 Å². The third kappa shape index (κ3) is 4.18. The molecule has 0 aliphatic carbocycles. The van der Waals surface area contributed by atoms with Gasteiger partial charge in [0, 0.05) is 10.6 Å². The lowest BCUT2D eigenvalue weighted by molar-refractivity contribution is -0.887. The molecule has 0 saturated carbocycles.